The molecular weight excluding hydrogens is 459 g/mol. The van der Waals surface area contributed by atoms with Crippen molar-refractivity contribution < 1.29 is 14.3 Å². The maximum atomic E-state index is 13.2. The standard InChI is InChI=1S/C26H34Cl2N2O3/c1-17(2)14-29-25(32)18(3)30(15-19-7-10-21(27)13-23(19)28)24(31)16-33-22-11-8-20(9-12-22)26(4,5)6/h7-13,17-18H,14-16H2,1-6H3,(H,29,32)/t18-/m1/s1. The van der Waals surface area contributed by atoms with Crippen molar-refractivity contribution >= 4 is 35.0 Å². The van der Waals surface area contributed by atoms with Crippen LogP contribution in [0.2, 0.25) is 10.0 Å². The Morgan fingerprint density at radius 3 is 2.21 bits per heavy atom. The van der Waals surface area contributed by atoms with Crippen LogP contribution in [0.15, 0.2) is 42.5 Å². The molecule has 0 aromatic heterocycles. The summed E-state index contributed by atoms with van der Waals surface area (Å²) in [6, 6.07) is 12.1. The van der Waals surface area contributed by atoms with Gasteiger partial charge in [-0.1, -0.05) is 76.0 Å². The first-order chi connectivity index (χ1) is 15.4. The molecule has 1 N–H and O–H groups in total. The van der Waals surface area contributed by atoms with E-state index < -0.39 is 6.04 Å². The minimum atomic E-state index is -0.699. The molecule has 0 aliphatic heterocycles. The Hall–Kier alpha value is -2.24. The molecule has 0 saturated carbocycles. The van der Waals surface area contributed by atoms with Gasteiger partial charge in [0.2, 0.25) is 5.91 Å². The summed E-state index contributed by atoms with van der Waals surface area (Å²) < 4.78 is 5.75. The maximum Gasteiger partial charge on any atom is 0.261 e. The summed E-state index contributed by atoms with van der Waals surface area (Å²) in [4.78, 5) is 27.4. The van der Waals surface area contributed by atoms with Crippen molar-refractivity contribution in [2.75, 3.05) is 13.2 Å². The van der Waals surface area contributed by atoms with Crippen LogP contribution >= 0.6 is 23.2 Å². The lowest BCUT2D eigenvalue weighted by atomic mass is 9.87. The lowest BCUT2D eigenvalue weighted by Crippen LogP contribution is -2.49. The quantitative estimate of drug-likeness (QED) is 0.476. The number of amides is 2. The van der Waals surface area contributed by atoms with E-state index in [0.29, 0.717) is 33.8 Å². The summed E-state index contributed by atoms with van der Waals surface area (Å²) >= 11 is 12.3. The average molecular weight is 493 g/mol. The van der Waals surface area contributed by atoms with Crippen LogP contribution in [0.5, 0.6) is 5.75 Å². The van der Waals surface area contributed by atoms with Crippen molar-refractivity contribution in [1.82, 2.24) is 10.2 Å². The zero-order valence-corrected chi connectivity index (χ0v) is 21.8. The fourth-order valence-corrected chi connectivity index (χ4v) is 3.62. The third-order valence-electron chi connectivity index (χ3n) is 5.29. The number of benzene rings is 2. The van der Waals surface area contributed by atoms with Crippen LogP contribution in [-0.2, 0) is 21.5 Å². The third-order valence-corrected chi connectivity index (χ3v) is 5.88. The first-order valence-corrected chi connectivity index (χ1v) is 11.9. The molecule has 2 aromatic carbocycles. The number of ether oxygens (including phenoxy) is 1. The summed E-state index contributed by atoms with van der Waals surface area (Å²) in [6.07, 6.45) is 0. The molecular formula is C26H34Cl2N2O3. The van der Waals surface area contributed by atoms with Crippen LogP contribution in [0.25, 0.3) is 0 Å². The molecule has 0 heterocycles. The predicted molar refractivity (Wildman–Crippen MR) is 135 cm³/mol. The Morgan fingerprint density at radius 2 is 1.67 bits per heavy atom. The summed E-state index contributed by atoms with van der Waals surface area (Å²) in [5, 5.41) is 3.84. The largest absolute Gasteiger partial charge is 0.484 e. The van der Waals surface area contributed by atoms with Crippen LogP contribution in [0, 0.1) is 5.92 Å². The molecule has 0 aliphatic carbocycles. The zero-order valence-electron chi connectivity index (χ0n) is 20.2. The number of hydrogen-bond acceptors (Lipinski definition) is 3. The highest BCUT2D eigenvalue weighted by molar-refractivity contribution is 6.35. The highest BCUT2D eigenvalue weighted by atomic mass is 35.5. The number of halogens is 2. The first-order valence-electron chi connectivity index (χ1n) is 11.1. The van der Waals surface area contributed by atoms with E-state index in [1.807, 2.05) is 38.1 Å². The van der Waals surface area contributed by atoms with Crippen LogP contribution < -0.4 is 10.1 Å². The molecule has 0 aliphatic rings. The maximum absolute atomic E-state index is 13.2. The average Bonchev–Trinajstić information content (AvgIpc) is 2.74. The van der Waals surface area contributed by atoms with Crippen molar-refractivity contribution in [3.05, 3.63) is 63.6 Å². The Kier molecular flexibility index (Phi) is 9.62. The van der Waals surface area contributed by atoms with E-state index in [0.717, 1.165) is 0 Å². The minimum Gasteiger partial charge on any atom is -0.484 e. The molecule has 180 valence electrons. The second-order valence-electron chi connectivity index (χ2n) is 9.64. The van der Waals surface area contributed by atoms with Gasteiger partial charge in [0.1, 0.15) is 11.8 Å². The third kappa shape index (κ3) is 8.24. The van der Waals surface area contributed by atoms with Gasteiger partial charge >= 0.3 is 0 Å². The Morgan fingerprint density at radius 1 is 1.03 bits per heavy atom. The summed E-state index contributed by atoms with van der Waals surface area (Å²) in [5.74, 6) is 0.359. The van der Waals surface area contributed by atoms with E-state index in [-0.39, 0.29) is 30.4 Å². The molecule has 0 radical (unpaired) electrons. The second kappa shape index (κ2) is 11.8. The van der Waals surface area contributed by atoms with Gasteiger partial charge in [0.15, 0.2) is 6.61 Å². The van der Waals surface area contributed by atoms with Gasteiger partial charge in [-0.2, -0.15) is 0 Å². The smallest absolute Gasteiger partial charge is 0.261 e. The number of hydrogen-bond donors (Lipinski definition) is 1. The number of carbonyl (C=O) groups excluding carboxylic acids is 2. The Labute approximate surface area is 207 Å². The molecule has 0 bridgehead atoms. The van der Waals surface area contributed by atoms with Gasteiger partial charge in [-0.3, -0.25) is 9.59 Å². The normalized spacial score (nSPS) is 12.4. The molecule has 33 heavy (non-hydrogen) atoms. The molecule has 2 aromatic rings. The van der Waals surface area contributed by atoms with Crippen LogP contribution in [0.3, 0.4) is 0 Å². The summed E-state index contributed by atoms with van der Waals surface area (Å²) in [5.41, 5.74) is 1.91. The van der Waals surface area contributed by atoms with Crippen molar-refractivity contribution in [3.63, 3.8) is 0 Å². The minimum absolute atomic E-state index is 0.0295. The highest BCUT2D eigenvalue weighted by Gasteiger charge is 2.27. The van der Waals surface area contributed by atoms with Crippen LogP contribution in [0.4, 0.5) is 0 Å². The number of nitrogens with zero attached hydrogens (tertiary/aromatic N) is 1. The molecule has 0 saturated heterocycles. The molecule has 0 spiro atoms. The molecule has 1 atom stereocenters. The number of rotatable bonds is 9. The zero-order chi connectivity index (χ0) is 24.8. The first kappa shape index (κ1) is 27.0. The Bertz CT molecular complexity index is 953. The fraction of sp³-hybridized carbons (Fsp3) is 0.462. The van der Waals surface area contributed by atoms with Gasteiger partial charge in [0.05, 0.1) is 0 Å². The van der Waals surface area contributed by atoms with E-state index in [9.17, 15) is 9.59 Å². The van der Waals surface area contributed by atoms with E-state index in [4.69, 9.17) is 27.9 Å². The summed E-state index contributed by atoms with van der Waals surface area (Å²) in [7, 11) is 0. The van der Waals surface area contributed by atoms with Gasteiger partial charge in [-0.05, 0) is 53.6 Å². The lowest BCUT2D eigenvalue weighted by molar-refractivity contribution is -0.142. The van der Waals surface area contributed by atoms with Crippen molar-refractivity contribution in [1.29, 1.82) is 0 Å². The molecule has 2 rings (SSSR count). The van der Waals surface area contributed by atoms with Gasteiger partial charge in [-0.15, -0.1) is 0 Å². The van der Waals surface area contributed by atoms with Crippen molar-refractivity contribution in [2.24, 2.45) is 5.92 Å². The van der Waals surface area contributed by atoms with E-state index in [1.165, 1.54) is 10.5 Å². The number of nitrogens with one attached hydrogen (secondary N) is 1. The van der Waals surface area contributed by atoms with Gasteiger partial charge in [-0.25, -0.2) is 0 Å². The number of carbonyl (C=O) groups is 2. The monoisotopic (exact) mass is 492 g/mol. The van der Waals surface area contributed by atoms with E-state index >= 15 is 0 Å². The van der Waals surface area contributed by atoms with Crippen molar-refractivity contribution in [3.8, 4) is 5.75 Å². The molecule has 5 nitrogen and oxygen atoms in total. The Balaban J connectivity index is 2.16. The predicted octanol–water partition coefficient (Wildman–Crippen LogP) is 5.86. The topological polar surface area (TPSA) is 58.6 Å². The molecule has 2 amide bonds. The van der Waals surface area contributed by atoms with Crippen LogP contribution in [-0.4, -0.2) is 35.9 Å². The van der Waals surface area contributed by atoms with Gasteiger partial charge in [0, 0.05) is 23.1 Å². The lowest BCUT2D eigenvalue weighted by Gasteiger charge is -2.29. The van der Waals surface area contributed by atoms with Gasteiger partial charge in [0.25, 0.3) is 5.91 Å². The van der Waals surface area contributed by atoms with Crippen LogP contribution in [0.1, 0.15) is 52.7 Å². The van der Waals surface area contributed by atoms with Gasteiger partial charge < -0.3 is 15.0 Å². The molecule has 7 heteroatoms. The van der Waals surface area contributed by atoms with Crippen molar-refractivity contribution in [2.45, 2.75) is 59.5 Å². The van der Waals surface area contributed by atoms with E-state index in [2.05, 4.69) is 26.1 Å². The highest BCUT2D eigenvalue weighted by Crippen LogP contribution is 2.25. The SMILES string of the molecule is CC(C)CNC(=O)[C@@H](C)N(Cc1ccc(Cl)cc1Cl)C(=O)COc1ccc(C(C)(C)C)cc1. The second-order valence-corrected chi connectivity index (χ2v) is 10.5. The fourth-order valence-electron chi connectivity index (χ4n) is 3.15. The summed E-state index contributed by atoms with van der Waals surface area (Å²) in [6.45, 7) is 12.6. The van der Waals surface area contributed by atoms with E-state index in [1.54, 1.807) is 25.1 Å². The molecule has 0 unspecified atom stereocenters. The molecule has 0 fully saturated rings.